The Bertz CT molecular complexity index is 674. The lowest BCUT2D eigenvalue weighted by Crippen LogP contribution is -2.44. The van der Waals surface area contributed by atoms with Crippen LogP contribution in [0.25, 0.3) is 0 Å². The Labute approximate surface area is 186 Å². The summed E-state index contributed by atoms with van der Waals surface area (Å²) in [6, 6.07) is 6.94. The van der Waals surface area contributed by atoms with E-state index >= 15 is 0 Å². The van der Waals surface area contributed by atoms with Gasteiger partial charge in [-0.15, -0.1) is 0 Å². The van der Waals surface area contributed by atoms with Gasteiger partial charge in [-0.1, -0.05) is 52.9 Å². The highest BCUT2D eigenvalue weighted by Crippen LogP contribution is 2.14. The maximum atomic E-state index is 12.6. The van der Waals surface area contributed by atoms with Crippen molar-refractivity contribution in [2.75, 3.05) is 32.1 Å². The zero-order valence-corrected chi connectivity index (χ0v) is 19.5. The van der Waals surface area contributed by atoms with Crippen LogP contribution in [0.4, 0.5) is 5.69 Å². The lowest BCUT2D eigenvalue weighted by atomic mass is 10.1. The minimum Gasteiger partial charge on any atom is -0.497 e. The van der Waals surface area contributed by atoms with Crippen molar-refractivity contribution in [1.82, 2.24) is 10.2 Å². The third kappa shape index (κ3) is 12.0. The van der Waals surface area contributed by atoms with Gasteiger partial charge in [0.1, 0.15) is 5.75 Å². The number of nitrogens with one attached hydrogen (secondary N) is 2. The molecule has 0 aliphatic rings. The Morgan fingerprint density at radius 3 is 2.23 bits per heavy atom. The summed E-state index contributed by atoms with van der Waals surface area (Å²) < 4.78 is 5.08. The standard InChI is InChI=1S/C24H39N3O4/c1-5-6-7-8-9-10-11-24(30)27(17-19(2)3)18-23(29)25-16-22(28)26-20-12-14-21(31-4)15-13-20/h12-15,19H,5-11,16-18H2,1-4H3,(H,25,29)(H,26,28). The van der Waals surface area contributed by atoms with Crippen molar-refractivity contribution in [3.05, 3.63) is 24.3 Å². The first-order valence-corrected chi connectivity index (χ1v) is 11.3. The van der Waals surface area contributed by atoms with Gasteiger partial charge in [0.25, 0.3) is 0 Å². The van der Waals surface area contributed by atoms with Crippen LogP contribution in [0.2, 0.25) is 0 Å². The van der Waals surface area contributed by atoms with Crippen LogP contribution in [0.5, 0.6) is 5.75 Å². The highest BCUT2D eigenvalue weighted by Gasteiger charge is 2.18. The van der Waals surface area contributed by atoms with Crippen LogP contribution in [0, 0.1) is 5.92 Å². The van der Waals surface area contributed by atoms with E-state index in [2.05, 4.69) is 17.6 Å². The van der Waals surface area contributed by atoms with Gasteiger partial charge in [-0.25, -0.2) is 0 Å². The topological polar surface area (TPSA) is 87.7 Å². The molecule has 31 heavy (non-hydrogen) atoms. The molecule has 3 amide bonds. The van der Waals surface area contributed by atoms with Crippen LogP contribution in [-0.2, 0) is 14.4 Å². The number of carbonyl (C=O) groups excluding carboxylic acids is 3. The molecule has 0 radical (unpaired) electrons. The van der Waals surface area contributed by atoms with Crippen LogP contribution < -0.4 is 15.4 Å². The van der Waals surface area contributed by atoms with Gasteiger partial charge in [0, 0.05) is 18.7 Å². The highest BCUT2D eigenvalue weighted by molar-refractivity contribution is 5.95. The van der Waals surface area contributed by atoms with Crippen molar-refractivity contribution in [3.63, 3.8) is 0 Å². The van der Waals surface area contributed by atoms with E-state index in [0.717, 1.165) is 19.3 Å². The van der Waals surface area contributed by atoms with Gasteiger partial charge in [-0.2, -0.15) is 0 Å². The van der Waals surface area contributed by atoms with Gasteiger partial charge in [-0.05, 0) is 36.6 Å². The normalized spacial score (nSPS) is 10.6. The Kier molecular flexibility index (Phi) is 13.0. The predicted molar refractivity (Wildman–Crippen MR) is 124 cm³/mol. The summed E-state index contributed by atoms with van der Waals surface area (Å²) in [6.07, 6.45) is 7.15. The van der Waals surface area contributed by atoms with Crippen LogP contribution in [0.1, 0.15) is 65.7 Å². The van der Waals surface area contributed by atoms with Gasteiger partial charge >= 0.3 is 0 Å². The molecule has 1 rings (SSSR count). The summed E-state index contributed by atoms with van der Waals surface area (Å²) in [6.45, 7) is 6.58. The maximum absolute atomic E-state index is 12.6. The third-order valence-electron chi connectivity index (χ3n) is 4.84. The number of methoxy groups -OCH3 is 1. The second kappa shape index (κ2) is 15.3. The summed E-state index contributed by atoms with van der Waals surface area (Å²) in [7, 11) is 1.57. The van der Waals surface area contributed by atoms with Crippen molar-refractivity contribution in [2.45, 2.75) is 65.7 Å². The molecule has 1 aromatic carbocycles. The molecule has 0 fully saturated rings. The van der Waals surface area contributed by atoms with Crippen LogP contribution in [0.3, 0.4) is 0 Å². The largest absolute Gasteiger partial charge is 0.497 e. The first-order valence-electron chi connectivity index (χ1n) is 11.3. The molecule has 7 nitrogen and oxygen atoms in total. The van der Waals surface area contributed by atoms with E-state index in [1.54, 1.807) is 36.3 Å². The molecule has 0 aliphatic carbocycles. The van der Waals surface area contributed by atoms with Crippen molar-refractivity contribution < 1.29 is 19.1 Å². The van der Waals surface area contributed by atoms with E-state index in [1.807, 2.05) is 13.8 Å². The Morgan fingerprint density at radius 2 is 1.61 bits per heavy atom. The molecule has 0 aromatic heterocycles. The minimum absolute atomic E-state index is 0.00188. The maximum Gasteiger partial charge on any atom is 0.243 e. The molecule has 2 N–H and O–H groups in total. The molecule has 0 atom stereocenters. The van der Waals surface area contributed by atoms with Crippen molar-refractivity contribution in [2.24, 2.45) is 5.92 Å². The summed E-state index contributed by atoms with van der Waals surface area (Å²) in [4.78, 5) is 38.6. The van der Waals surface area contributed by atoms with Gasteiger partial charge in [0.2, 0.25) is 17.7 Å². The third-order valence-corrected chi connectivity index (χ3v) is 4.84. The SMILES string of the molecule is CCCCCCCCC(=O)N(CC(=O)NCC(=O)Nc1ccc(OC)cc1)CC(C)C. The van der Waals surface area contributed by atoms with Gasteiger partial charge < -0.3 is 20.3 Å². The summed E-state index contributed by atoms with van der Waals surface area (Å²) in [5.41, 5.74) is 0.621. The molecular formula is C24H39N3O4. The fourth-order valence-electron chi connectivity index (χ4n) is 3.20. The van der Waals surface area contributed by atoms with Crippen molar-refractivity contribution in [1.29, 1.82) is 0 Å². The van der Waals surface area contributed by atoms with E-state index in [4.69, 9.17) is 4.74 Å². The van der Waals surface area contributed by atoms with Crippen LogP contribution in [0.15, 0.2) is 24.3 Å². The molecule has 0 heterocycles. The number of ether oxygens (including phenoxy) is 1. The quantitative estimate of drug-likeness (QED) is 0.410. The fourth-order valence-corrected chi connectivity index (χ4v) is 3.20. The smallest absolute Gasteiger partial charge is 0.243 e. The van der Waals surface area contributed by atoms with Crippen molar-refractivity contribution >= 4 is 23.4 Å². The molecule has 174 valence electrons. The first kappa shape index (κ1) is 26.5. The lowest BCUT2D eigenvalue weighted by Gasteiger charge is -2.24. The lowest BCUT2D eigenvalue weighted by molar-refractivity contribution is -0.136. The number of hydrogen-bond donors (Lipinski definition) is 2. The van der Waals surface area contributed by atoms with Crippen LogP contribution in [-0.4, -0.2) is 49.4 Å². The number of carbonyl (C=O) groups is 3. The Hall–Kier alpha value is -2.57. The molecule has 0 saturated carbocycles. The summed E-state index contributed by atoms with van der Waals surface area (Å²) in [5, 5.41) is 5.32. The Morgan fingerprint density at radius 1 is 0.968 bits per heavy atom. The number of hydrogen-bond acceptors (Lipinski definition) is 4. The number of nitrogens with zero attached hydrogens (tertiary/aromatic N) is 1. The fraction of sp³-hybridized carbons (Fsp3) is 0.625. The Balaban J connectivity index is 2.41. The minimum atomic E-state index is -0.332. The average Bonchev–Trinajstić information content (AvgIpc) is 2.74. The molecule has 0 saturated heterocycles. The van der Waals surface area contributed by atoms with Crippen molar-refractivity contribution in [3.8, 4) is 5.75 Å². The second-order valence-electron chi connectivity index (χ2n) is 8.24. The summed E-state index contributed by atoms with van der Waals surface area (Å²) in [5.74, 6) is 0.304. The number of benzene rings is 1. The van der Waals surface area contributed by atoms with E-state index in [0.29, 0.717) is 24.4 Å². The number of amides is 3. The second-order valence-corrected chi connectivity index (χ2v) is 8.24. The molecular weight excluding hydrogens is 394 g/mol. The molecule has 0 bridgehead atoms. The van der Waals surface area contributed by atoms with E-state index in [9.17, 15) is 14.4 Å². The highest BCUT2D eigenvalue weighted by atomic mass is 16.5. The van der Waals surface area contributed by atoms with E-state index in [1.165, 1.54) is 19.3 Å². The molecule has 0 unspecified atom stereocenters. The predicted octanol–water partition coefficient (Wildman–Crippen LogP) is 3.99. The molecule has 1 aromatic rings. The van der Waals surface area contributed by atoms with Gasteiger partial charge in [0.15, 0.2) is 0 Å². The van der Waals surface area contributed by atoms with E-state index in [-0.39, 0.29) is 36.7 Å². The molecule has 0 spiro atoms. The summed E-state index contributed by atoms with van der Waals surface area (Å²) >= 11 is 0. The first-order chi connectivity index (χ1) is 14.8. The number of unbranched alkanes of at least 4 members (excludes halogenated alkanes) is 5. The molecule has 0 aliphatic heterocycles. The number of anilines is 1. The monoisotopic (exact) mass is 433 g/mol. The average molecular weight is 434 g/mol. The van der Waals surface area contributed by atoms with Crippen LogP contribution >= 0.6 is 0 Å². The van der Waals surface area contributed by atoms with E-state index < -0.39 is 0 Å². The zero-order chi connectivity index (χ0) is 23.1. The number of rotatable bonds is 15. The van der Waals surface area contributed by atoms with Gasteiger partial charge in [0.05, 0.1) is 20.2 Å². The van der Waals surface area contributed by atoms with Gasteiger partial charge in [-0.3, -0.25) is 14.4 Å². The zero-order valence-electron chi connectivity index (χ0n) is 19.5. The molecule has 7 heteroatoms.